The molecule has 2 N–H and O–H groups in total. The molecule has 2 saturated heterocycles. The van der Waals surface area contributed by atoms with Crippen LogP contribution in [-0.4, -0.2) is 62.4 Å². The molecule has 1 aromatic heterocycles. The van der Waals surface area contributed by atoms with E-state index in [-0.39, 0.29) is 18.2 Å². The summed E-state index contributed by atoms with van der Waals surface area (Å²) in [5.41, 5.74) is 2.07. The van der Waals surface area contributed by atoms with Crippen molar-refractivity contribution in [3.05, 3.63) is 110 Å². The van der Waals surface area contributed by atoms with Crippen LogP contribution in [0.2, 0.25) is 0 Å². The number of aromatic amines is 1. The molecule has 3 unspecified atom stereocenters. The lowest BCUT2D eigenvalue weighted by Gasteiger charge is -2.46. The van der Waals surface area contributed by atoms with Crippen LogP contribution in [-0.2, 0) is 4.74 Å². The number of para-hydroxylation sites is 1. The van der Waals surface area contributed by atoms with Crippen LogP contribution in [0.5, 0.6) is 0 Å². The van der Waals surface area contributed by atoms with Crippen LogP contribution in [0, 0.1) is 20.2 Å². The number of hydrogen-bond acceptors (Lipinski definition) is 9. The molecule has 3 heterocycles. The van der Waals surface area contributed by atoms with Crippen LogP contribution < -0.4 is 5.01 Å². The van der Waals surface area contributed by atoms with E-state index in [1.165, 1.54) is 12.1 Å². The number of aliphatic hydroxyl groups is 1. The number of hydrazine groups is 1. The zero-order chi connectivity index (χ0) is 27.8. The number of nitro benzene ring substituents is 2. The Balaban J connectivity index is 1.58. The molecule has 6 rings (SSSR count). The van der Waals surface area contributed by atoms with E-state index in [1.807, 2.05) is 65.8 Å². The Hall–Kier alpha value is -4.36. The first-order chi connectivity index (χ1) is 19.4. The van der Waals surface area contributed by atoms with Crippen molar-refractivity contribution < 1.29 is 19.7 Å². The first-order valence-corrected chi connectivity index (χ1v) is 13.0. The molecule has 3 atom stereocenters. The second-order valence-corrected chi connectivity index (χ2v) is 9.87. The third kappa shape index (κ3) is 4.56. The minimum Gasteiger partial charge on any atom is -0.379 e. The van der Waals surface area contributed by atoms with Crippen molar-refractivity contribution in [2.45, 2.75) is 24.9 Å². The number of aliphatic hydroxyl groups excluding tert-OH is 1. The van der Waals surface area contributed by atoms with Gasteiger partial charge >= 0.3 is 5.69 Å². The van der Waals surface area contributed by atoms with Gasteiger partial charge in [0, 0.05) is 48.2 Å². The van der Waals surface area contributed by atoms with Crippen molar-refractivity contribution in [1.29, 1.82) is 0 Å². The van der Waals surface area contributed by atoms with E-state index in [9.17, 15) is 25.3 Å². The van der Waals surface area contributed by atoms with Gasteiger partial charge in [-0.15, -0.1) is 0 Å². The second-order valence-electron chi connectivity index (χ2n) is 9.87. The Kier molecular flexibility index (Phi) is 6.90. The molecule has 12 nitrogen and oxygen atoms in total. The molecule has 3 aromatic carbocycles. The van der Waals surface area contributed by atoms with Crippen LogP contribution >= 0.6 is 0 Å². The first-order valence-electron chi connectivity index (χ1n) is 13.0. The number of rotatable bonds is 7. The van der Waals surface area contributed by atoms with E-state index < -0.39 is 33.6 Å². The van der Waals surface area contributed by atoms with Gasteiger partial charge in [0.2, 0.25) is 0 Å². The Labute approximate surface area is 229 Å². The molecular weight excluding hydrogens is 516 g/mol. The SMILES string of the molecule is O=[N+]([O-])c1ccc(N2C(O)CC(c3ccccc3)N2C(c2c[nH]c3ccccc23)N2CCOCC2)c([N+](=O)[O-])c1. The quantitative estimate of drug-likeness (QED) is 0.254. The van der Waals surface area contributed by atoms with Gasteiger partial charge in [-0.1, -0.05) is 48.5 Å². The highest BCUT2D eigenvalue weighted by Gasteiger charge is 2.48. The van der Waals surface area contributed by atoms with Crippen LogP contribution in [0.1, 0.15) is 29.8 Å². The topological polar surface area (TPSA) is 141 Å². The van der Waals surface area contributed by atoms with Crippen molar-refractivity contribution in [2.24, 2.45) is 0 Å². The number of non-ortho nitro benzene ring substituents is 1. The largest absolute Gasteiger partial charge is 0.379 e. The van der Waals surface area contributed by atoms with Crippen LogP contribution in [0.25, 0.3) is 10.9 Å². The van der Waals surface area contributed by atoms with Crippen molar-refractivity contribution >= 4 is 28.0 Å². The third-order valence-corrected chi connectivity index (χ3v) is 7.62. The molecule has 0 saturated carbocycles. The molecule has 2 aliphatic rings. The number of ether oxygens (including phenoxy) is 1. The zero-order valence-electron chi connectivity index (χ0n) is 21.5. The lowest BCUT2D eigenvalue weighted by Crippen LogP contribution is -2.52. The minimum atomic E-state index is -1.13. The van der Waals surface area contributed by atoms with Gasteiger partial charge in [-0.05, 0) is 17.7 Å². The highest BCUT2D eigenvalue weighted by Crippen LogP contribution is 2.48. The fourth-order valence-electron chi connectivity index (χ4n) is 5.85. The summed E-state index contributed by atoms with van der Waals surface area (Å²) < 4.78 is 5.66. The Bertz CT molecular complexity index is 1540. The molecule has 12 heteroatoms. The van der Waals surface area contributed by atoms with Gasteiger partial charge < -0.3 is 14.8 Å². The Morgan fingerprint density at radius 3 is 2.40 bits per heavy atom. The van der Waals surface area contributed by atoms with E-state index in [2.05, 4.69) is 9.88 Å². The number of anilines is 1. The van der Waals surface area contributed by atoms with Gasteiger partial charge in [0.15, 0.2) is 0 Å². The van der Waals surface area contributed by atoms with E-state index >= 15 is 0 Å². The molecule has 0 radical (unpaired) electrons. The molecule has 0 spiro atoms. The summed E-state index contributed by atoms with van der Waals surface area (Å²) in [5, 5.41) is 39.8. The molecule has 2 aliphatic heterocycles. The smallest absolute Gasteiger partial charge is 0.300 e. The Morgan fingerprint density at radius 2 is 1.68 bits per heavy atom. The van der Waals surface area contributed by atoms with E-state index in [0.29, 0.717) is 26.3 Å². The summed E-state index contributed by atoms with van der Waals surface area (Å²) in [7, 11) is 0. The number of H-pyrrole nitrogens is 1. The zero-order valence-corrected chi connectivity index (χ0v) is 21.5. The van der Waals surface area contributed by atoms with Crippen molar-refractivity contribution in [1.82, 2.24) is 14.9 Å². The fraction of sp³-hybridized carbons (Fsp3) is 0.286. The maximum Gasteiger partial charge on any atom is 0.300 e. The second kappa shape index (κ2) is 10.7. The molecule has 206 valence electrons. The van der Waals surface area contributed by atoms with Crippen LogP contribution in [0.3, 0.4) is 0 Å². The van der Waals surface area contributed by atoms with Gasteiger partial charge in [-0.2, -0.15) is 5.01 Å². The standard InChI is InChI=1S/C28H28N6O6/c35-27-17-25(19-6-2-1-3-7-19)32(31(27)24-11-10-20(33(36)37)16-26(24)34(38)39)28(30-12-14-40-15-13-30)22-18-29-23-9-5-4-8-21(22)23/h1-11,16,18,25,27-29,35H,12-15,17H2. The molecule has 2 fully saturated rings. The summed E-state index contributed by atoms with van der Waals surface area (Å²) in [4.78, 5) is 28.0. The lowest BCUT2D eigenvalue weighted by atomic mass is 10.0. The van der Waals surface area contributed by atoms with E-state index in [1.54, 1.807) is 5.01 Å². The maximum atomic E-state index is 12.2. The molecular formula is C28H28N6O6. The number of nitrogens with zero attached hydrogens (tertiary/aromatic N) is 5. The van der Waals surface area contributed by atoms with Crippen LogP contribution in [0.15, 0.2) is 79.0 Å². The van der Waals surface area contributed by atoms with Gasteiger partial charge in [0.25, 0.3) is 5.69 Å². The summed E-state index contributed by atoms with van der Waals surface area (Å²) in [6.07, 6.45) is 0.637. The number of benzene rings is 3. The van der Waals surface area contributed by atoms with E-state index in [0.717, 1.165) is 28.1 Å². The Morgan fingerprint density at radius 1 is 0.950 bits per heavy atom. The normalized spacial score (nSPS) is 21.1. The summed E-state index contributed by atoms with van der Waals surface area (Å²) in [5.74, 6) is 0. The van der Waals surface area contributed by atoms with Gasteiger partial charge in [-0.25, -0.2) is 0 Å². The monoisotopic (exact) mass is 544 g/mol. The van der Waals surface area contributed by atoms with E-state index in [4.69, 9.17) is 4.74 Å². The molecule has 4 aromatic rings. The highest BCUT2D eigenvalue weighted by molar-refractivity contribution is 5.83. The number of nitro groups is 2. The van der Waals surface area contributed by atoms with Gasteiger partial charge in [0.05, 0.1) is 35.2 Å². The molecule has 0 bridgehead atoms. The van der Waals surface area contributed by atoms with Crippen molar-refractivity contribution in [3.8, 4) is 0 Å². The number of hydrogen-bond donors (Lipinski definition) is 2. The first kappa shape index (κ1) is 25.9. The average molecular weight is 545 g/mol. The lowest BCUT2D eigenvalue weighted by molar-refractivity contribution is -0.393. The maximum absolute atomic E-state index is 12.2. The van der Waals surface area contributed by atoms with Crippen molar-refractivity contribution in [3.63, 3.8) is 0 Å². The molecule has 40 heavy (non-hydrogen) atoms. The average Bonchev–Trinajstić information content (AvgIpc) is 3.55. The third-order valence-electron chi connectivity index (χ3n) is 7.62. The highest BCUT2D eigenvalue weighted by atomic mass is 16.6. The summed E-state index contributed by atoms with van der Waals surface area (Å²) >= 11 is 0. The van der Waals surface area contributed by atoms with Crippen LogP contribution in [0.4, 0.5) is 17.1 Å². The minimum absolute atomic E-state index is 0.0830. The number of morpholine rings is 1. The number of nitrogens with one attached hydrogen (secondary N) is 1. The van der Waals surface area contributed by atoms with Gasteiger partial charge in [0.1, 0.15) is 18.1 Å². The fourth-order valence-corrected chi connectivity index (χ4v) is 5.85. The number of aromatic nitrogens is 1. The molecule has 0 amide bonds. The van der Waals surface area contributed by atoms with Gasteiger partial charge in [-0.3, -0.25) is 30.1 Å². The summed E-state index contributed by atoms with van der Waals surface area (Å²) in [6, 6.07) is 20.8. The summed E-state index contributed by atoms with van der Waals surface area (Å²) in [6.45, 7) is 2.24. The predicted octanol–water partition coefficient (Wildman–Crippen LogP) is 4.50. The molecule has 0 aliphatic carbocycles. The number of fused-ring (bicyclic) bond motifs is 1. The van der Waals surface area contributed by atoms with Crippen molar-refractivity contribution in [2.75, 3.05) is 31.3 Å². The predicted molar refractivity (Wildman–Crippen MR) is 147 cm³/mol.